The van der Waals surface area contributed by atoms with Gasteiger partial charge in [0.1, 0.15) is 0 Å². The third-order valence-corrected chi connectivity index (χ3v) is 4.18. The normalized spacial score (nSPS) is 12.1. The van der Waals surface area contributed by atoms with Crippen molar-refractivity contribution < 1.29 is 4.79 Å². The zero-order chi connectivity index (χ0) is 15.2. The molecule has 0 aliphatic rings. The average molecular weight is 306 g/mol. The van der Waals surface area contributed by atoms with Gasteiger partial charge in [0.05, 0.1) is 5.25 Å². The van der Waals surface area contributed by atoms with Gasteiger partial charge in [-0.2, -0.15) is 0 Å². The molecule has 0 aliphatic heterocycles. The molecule has 2 N–H and O–H groups in total. The van der Waals surface area contributed by atoms with Crippen molar-refractivity contribution in [2.45, 2.75) is 30.3 Å². The van der Waals surface area contributed by atoms with E-state index in [1.54, 1.807) is 18.5 Å². The van der Waals surface area contributed by atoms with Crippen molar-refractivity contribution in [2.24, 2.45) is 0 Å². The van der Waals surface area contributed by atoms with Gasteiger partial charge in [0.15, 0.2) is 5.16 Å². The lowest BCUT2D eigenvalue weighted by molar-refractivity contribution is -0.119. The fraction of sp³-hybridized carbons (Fsp3) is 0.357. The number of carbonyl (C=O) groups is 1. The first-order valence-electron chi connectivity index (χ1n) is 6.69. The lowest BCUT2D eigenvalue weighted by Crippen LogP contribution is -2.28. The number of aromatic amines is 1. The Morgan fingerprint density at radius 3 is 2.81 bits per heavy atom. The topological polar surface area (TPSA) is 79.8 Å². The maximum absolute atomic E-state index is 11.8. The number of carbonyl (C=O) groups excluding carboxylic acids is 1. The van der Waals surface area contributed by atoms with Crippen molar-refractivity contribution >= 4 is 17.7 Å². The first kappa shape index (κ1) is 15.4. The number of thioether (sulfide) groups is 1. The summed E-state index contributed by atoms with van der Waals surface area (Å²) in [5.74, 6) is -0.0925. The van der Waals surface area contributed by atoms with E-state index in [2.05, 4.69) is 15.5 Å². The van der Waals surface area contributed by atoms with Gasteiger partial charge in [-0.25, -0.2) is 9.89 Å². The predicted octanol–water partition coefficient (Wildman–Crippen LogP) is 1.04. The number of hydrogen-bond donors (Lipinski definition) is 2. The molecule has 0 saturated carbocycles. The molecule has 6 nitrogen and oxygen atoms in total. The summed E-state index contributed by atoms with van der Waals surface area (Å²) in [6.45, 7) is 2.31. The molecule has 1 heterocycles. The number of aromatic nitrogens is 3. The average Bonchev–Trinajstić information content (AvgIpc) is 2.85. The van der Waals surface area contributed by atoms with E-state index in [9.17, 15) is 9.59 Å². The Morgan fingerprint density at radius 2 is 2.14 bits per heavy atom. The quantitative estimate of drug-likeness (QED) is 0.782. The lowest BCUT2D eigenvalue weighted by atomic mass is 10.1. The zero-order valence-electron chi connectivity index (χ0n) is 12.0. The predicted molar refractivity (Wildman–Crippen MR) is 82.4 cm³/mol. The van der Waals surface area contributed by atoms with Crippen LogP contribution in [0.15, 0.2) is 40.3 Å². The molecule has 21 heavy (non-hydrogen) atoms. The molecule has 0 fully saturated rings. The van der Waals surface area contributed by atoms with Gasteiger partial charge in [-0.1, -0.05) is 42.1 Å². The smallest absolute Gasteiger partial charge is 0.343 e. The van der Waals surface area contributed by atoms with Gasteiger partial charge in [-0.05, 0) is 18.9 Å². The highest BCUT2D eigenvalue weighted by molar-refractivity contribution is 8.00. The number of amides is 1. The van der Waals surface area contributed by atoms with Crippen LogP contribution in [0.25, 0.3) is 0 Å². The zero-order valence-corrected chi connectivity index (χ0v) is 12.8. The molecule has 1 amide bonds. The summed E-state index contributed by atoms with van der Waals surface area (Å²) in [6.07, 6.45) is 0.738. The summed E-state index contributed by atoms with van der Waals surface area (Å²) in [6, 6.07) is 9.93. The number of nitrogens with one attached hydrogen (secondary N) is 2. The Hall–Kier alpha value is -2.02. The van der Waals surface area contributed by atoms with Gasteiger partial charge in [0.2, 0.25) is 5.91 Å². The van der Waals surface area contributed by atoms with E-state index < -0.39 is 0 Å². The molecule has 0 radical (unpaired) electrons. The molecule has 2 aromatic rings. The molecule has 0 bridgehead atoms. The van der Waals surface area contributed by atoms with Crippen LogP contribution in [-0.4, -0.2) is 33.0 Å². The Morgan fingerprint density at radius 1 is 1.43 bits per heavy atom. The summed E-state index contributed by atoms with van der Waals surface area (Å²) in [4.78, 5) is 23.4. The van der Waals surface area contributed by atoms with Crippen molar-refractivity contribution in [2.75, 3.05) is 7.05 Å². The molecule has 1 unspecified atom stereocenters. The van der Waals surface area contributed by atoms with E-state index in [1.807, 2.05) is 30.3 Å². The Labute approximate surface area is 127 Å². The largest absolute Gasteiger partial charge is 0.358 e. The second-order valence-electron chi connectivity index (χ2n) is 4.57. The van der Waals surface area contributed by atoms with Crippen LogP contribution in [-0.2, 0) is 17.8 Å². The van der Waals surface area contributed by atoms with E-state index in [1.165, 1.54) is 11.8 Å². The maximum Gasteiger partial charge on any atom is 0.343 e. The van der Waals surface area contributed by atoms with Gasteiger partial charge in [-0.15, -0.1) is 5.10 Å². The molecular formula is C14H18N4O2S. The highest BCUT2D eigenvalue weighted by Gasteiger charge is 2.17. The van der Waals surface area contributed by atoms with Gasteiger partial charge >= 0.3 is 5.69 Å². The Balaban J connectivity index is 2.08. The third kappa shape index (κ3) is 3.98. The molecule has 112 valence electrons. The van der Waals surface area contributed by atoms with E-state index >= 15 is 0 Å². The summed E-state index contributed by atoms with van der Waals surface area (Å²) in [7, 11) is 1.59. The van der Waals surface area contributed by atoms with Crippen LogP contribution in [0.3, 0.4) is 0 Å². The summed E-state index contributed by atoms with van der Waals surface area (Å²) in [5, 5.41) is 9.25. The van der Waals surface area contributed by atoms with Crippen LogP contribution in [0.4, 0.5) is 0 Å². The Kier molecular flexibility index (Phi) is 5.21. The summed E-state index contributed by atoms with van der Waals surface area (Å²) >= 11 is 1.27. The SMILES string of the molecule is CNC(=O)C(C)Sc1n[nH]c(=O)n1CCc1ccccc1. The molecule has 0 saturated heterocycles. The molecule has 0 aliphatic carbocycles. The number of aryl methyl sites for hydroxylation is 1. The minimum absolute atomic E-state index is 0.0925. The molecule has 2 rings (SSSR count). The monoisotopic (exact) mass is 306 g/mol. The summed E-state index contributed by atoms with van der Waals surface area (Å²) < 4.78 is 1.57. The number of benzene rings is 1. The number of hydrogen-bond acceptors (Lipinski definition) is 4. The number of H-pyrrole nitrogens is 1. The van der Waals surface area contributed by atoms with Crippen LogP contribution in [0.1, 0.15) is 12.5 Å². The minimum atomic E-state index is -0.305. The molecular weight excluding hydrogens is 288 g/mol. The molecule has 0 spiro atoms. The van der Waals surface area contributed by atoms with E-state index in [0.29, 0.717) is 11.7 Å². The van der Waals surface area contributed by atoms with E-state index in [0.717, 1.165) is 12.0 Å². The fourth-order valence-corrected chi connectivity index (χ4v) is 2.83. The number of nitrogens with zero attached hydrogens (tertiary/aromatic N) is 2. The van der Waals surface area contributed by atoms with Gasteiger partial charge in [0, 0.05) is 13.6 Å². The van der Waals surface area contributed by atoms with Crippen LogP contribution in [0.5, 0.6) is 0 Å². The third-order valence-electron chi connectivity index (χ3n) is 3.09. The molecule has 1 atom stereocenters. The molecule has 1 aromatic carbocycles. The molecule has 7 heteroatoms. The first-order valence-corrected chi connectivity index (χ1v) is 7.57. The van der Waals surface area contributed by atoms with Crippen molar-refractivity contribution in [3.05, 3.63) is 46.4 Å². The van der Waals surface area contributed by atoms with Crippen molar-refractivity contribution in [1.29, 1.82) is 0 Å². The van der Waals surface area contributed by atoms with Crippen LogP contribution in [0, 0.1) is 0 Å². The Bertz CT molecular complexity index is 650. The highest BCUT2D eigenvalue weighted by Crippen LogP contribution is 2.20. The highest BCUT2D eigenvalue weighted by atomic mass is 32.2. The first-order chi connectivity index (χ1) is 10.1. The minimum Gasteiger partial charge on any atom is -0.358 e. The summed E-state index contributed by atoms with van der Waals surface area (Å²) in [5.41, 5.74) is 0.901. The van der Waals surface area contributed by atoms with E-state index in [-0.39, 0.29) is 16.8 Å². The van der Waals surface area contributed by atoms with E-state index in [4.69, 9.17) is 0 Å². The van der Waals surface area contributed by atoms with Gasteiger partial charge in [-0.3, -0.25) is 9.36 Å². The second-order valence-corrected chi connectivity index (χ2v) is 5.88. The van der Waals surface area contributed by atoms with Gasteiger partial charge < -0.3 is 5.32 Å². The van der Waals surface area contributed by atoms with Crippen molar-refractivity contribution in [3.63, 3.8) is 0 Å². The molecule has 1 aromatic heterocycles. The van der Waals surface area contributed by atoms with Crippen LogP contribution < -0.4 is 11.0 Å². The van der Waals surface area contributed by atoms with Gasteiger partial charge in [0.25, 0.3) is 0 Å². The maximum atomic E-state index is 11.8. The van der Waals surface area contributed by atoms with Crippen molar-refractivity contribution in [1.82, 2.24) is 20.1 Å². The van der Waals surface area contributed by atoms with Crippen LogP contribution in [0.2, 0.25) is 0 Å². The number of rotatable bonds is 6. The van der Waals surface area contributed by atoms with Crippen LogP contribution >= 0.6 is 11.8 Å². The standard InChI is InChI=1S/C14H18N4O2S/c1-10(12(19)15-2)21-14-17-16-13(20)18(14)9-8-11-6-4-3-5-7-11/h3-7,10H,8-9H2,1-2H3,(H,15,19)(H,16,20). The second kappa shape index (κ2) is 7.12. The lowest BCUT2D eigenvalue weighted by Gasteiger charge is -2.10. The van der Waals surface area contributed by atoms with Crippen molar-refractivity contribution in [3.8, 4) is 0 Å². The fourth-order valence-electron chi connectivity index (χ4n) is 1.89.